The molecule has 2 fully saturated rings. The van der Waals surface area contributed by atoms with Crippen LogP contribution in [0.15, 0.2) is 60.7 Å². The van der Waals surface area contributed by atoms with Crippen LogP contribution in [0.4, 0.5) is 9.59 Å². The van der Waals surface area contributed by atoms with E-state index >= 15 is 0 Å². The molecule has 178 valence electrons. The average Bonchev–Trinajstić information content (AvgIpc) is 3.39. The highest BCUT2D eigenvalue weighted by Crippen LogP contribution is 2.21. The number of amides is 4. The number of cyclic esters (lactones) is 2. The highest BCUT2D eigenvalue weighted by Gasteiger charge is 2.38. The van der Waals surface area contributed by atoms with E-state index in [0.717, 1.165) is 11.1 Å². The third-order valence-corrected chi connectivity index (χ3v) is 6.12. The average molecular weight is 465 g/mol. The summed E-state index contributed by atoms with van der Waals surface area (Å²) in [5, 5.41) is 0. The zero-order valence-electron chi connectivity index (χ0n) is 18.9. The summed E-state index contributed by atoms with van der Waals surface area (Å²) in [5.74, 6) is -0.614. The Hall–Kier alpha value is -3.68. The molecule has 2 heterocycles. The van der Waals surface area contributed by atoms with Gasteiger partial charge in [0.1, 0.15) is 13.2 Å². The summed E-state index contributed by atoms with van der Waals surface area (Å²) in [7, 11) is 0. The van der Waals surface area contributed by atoms with Crippen LogP contribution in [0.2, 0.25) is 0 Å². The van der Waals surface area contributed by atoms with E-state index in [1.807, 2.05) is 60.7 Å². The van der Waals surface area contributed by atoms with Gasteiger partial charge in [-0.3, -0.25) is 9.59 Å². The van der Waals surface area contributed by atoms with Crippen molar-refractivity contribution in [2.75, 3.05) is 13.2 Å². The topological polar surface area (TPSA) is 93.2 Å². The molecular weight excluding hydrogens is 436 g/mol. The number of rotatable bonds is 9. The second-order valence-corrected chi connectivity index (χ2v) is 8.58. The van der Waals surface area contributed by atoms with Crippen molar-refractivity contribution in [1.29, 1.82) is 0 Å². The molecule has 2 aliphatic rings. The van der Waals surface area contributed by atoms with Gasteiger partial charge in [0.2, 0.25) is 11.8 Å². The normalized spacial score (nSPS) is 19.8. The van der Waals surface area contributed by atoms with E-state index in [1.165, 1.54) is 9.80 Å². The number of nitrogens with zero attached hydrogens (tertiary/aromatic N) is 2. The number of hydrogen-bond donors (Lipinski definition) is 0. The highest BCUT2D eigenvalue weighted by atomic mass is 16.6. The zero-order chi connectivity index (χ0) is 23.9. The number of unbranched alkanes of at least 4 members (excludes halogenated alkanes) is 1. The fourth-order valence-electron chi connectivity index (χ4n) is 4.40. The standard InChI is InChI=1S/C26H28N2O6/c29-23(27-21(17-33-25(27)31)15-19-9-3-1-4-10-19)13-7-8-14-24(30)28-22(18-34-26(28)32)16-20-11-5-2-6-12-20/h1-6,9-12,21-22H,7-8,13-18H2/t21-,22-/m1/s1. The van der Waals surface area contributed by atoms with Crippen molar-refractivity contribution in [3.05, 3.63) is 71.8 Å². The SMILES string of the molecule is O=C(CCCCC(=O)N1C(=O)OC[C@H]1Cc1ccccc1)N1C(=O)OC[C@H]1Cc1ccccc1. The van der Waals surface area contributed by atoms with Gasteiger partial charge in [-0.1, -0.05) is 60.7 Å². The van der Waals surface area contributed by atoms with Gasteiger partial charge in [-0.25, -0.2) is 19.4 Å². The van der Waals surface area contributed by atoms with Gasteiger partial charge < -0.3 is 9.47 Å². The van der Waals surface area contributed by atoms with Gasteiger partial charge in [-0.15, -0.1) is 0 Å². The fourth-order valence-corrected chi connectivity index (χ4v) is 4.40. The molecule has 8 nitrogen and oxygen atoms in total. The maximum atomic E-state index is 12.7. The predicted octanol–water partition coefficient (Wildman–Crippen LogP) is 3.73. The summed E-state index contributed by atoms with van der Waals surface area (Å²) in [5.41, 5.74) is 2.05. The molecule has 0 aromatic heterocycles. The van der Waals surface area contributed by atoms with Crippen molar-refractivity contribution in [2.24, 2.45) is 0 Å². The molecule has 0 bridgehead atoms. The van der Waals surface area contributed by atoms with Crippen molar-refractivity contribution in [1.82, 2.24) is 9.80 Å². The van der Waals surface area contributed by atoms with Crippen LogP contribution in [0, 0.1) is 0 Å². The van der Waals surface area contributed by atoms with Crippen molar-refractivity contribution >= 4 is 24.0 Å². The first-order valence-corrected chi connectivity index (χ1v) is 11.6. The molecule has 4 rings (SSSR count). The van der Waals surface area contributed by atoms with Crippen LogP contribution in [-0.2, 0) is 31.9 Å². The summed E-state index contributed by atoms with van der Waals surface area (Å²) < 4.78 is 10.2. The van der Waals surface area contributed by atoms with Gasteiger partial charge in [0.15, 0.2) is 0 Å². The summed E-state index contributed by atoms with van der Waals surface area (Å²) >= 11 is 0. The number of hydrogen-bond acceptors (Lipinski definition) is 6. The first kappa shape index (κ1) is 23.5. The smallest absolute Gasteiger partial charge is 0.416 e. The molecule has 0 unspecified atom stereocenters. The van der Waals surface area contributed by atoms with E-state index in [2.05, 4.69) is 0 Å². The number of imide groups is 2. The lowest BCUT2D eigenvalue weighted by atomic mass is 10.0. The summed E-state index contributed by atoms with van der Waals surface area (Å²) in [6, 6.07) is 18.6. The monoisotopic (exact) mass is 464 g/mol. The summed E-state index contributed by atoms with van der Waals surface area (Å²) in [6.07, 6.45) is 0.957. The Labute approximate surface area is 198 Å². The summed E-state index contributed by atoms with van der Waals surface area (Å²) in [4.78, 5) is 52.1. The molecule has 2 atom stereocenters. The van der Waals surface area contributed by atoms with Gasteiger partial charge in [0.25, 0.3) is 0 Å². The van der Waals surface area contributed by atoms with E-state index < -0.39 is 12.2 Å². The molecule has 2 aromatic rings. The second kappa shape index (κ2) is 11.0. The number of carbonyl (C=O) groups is 4. The molecule has 0 N–H and O–H groups in total. The molecule has 0 radical (unpaired) electrons. The van der Waals surface area contributed by atoms with Gasteiger partial charge in [0.05, 0.1) is 12.1 Å². The van der Waals surface area contributed by atoms with E-state index in [9.17, 15) is 19.2 Å². The lowest BCUT2D eigenvalue weighted by Crippen LogP contribution is -2.40. The molecule has 0 aliphatic carbocycles. The maximum Gasteiger partial charge on any atom is 0.416 e. The molecule has 2 saturated heterocycles. The minimum absolute atomic E-state index is 0.131. The Morgan fingerprint density at radius 3 is 1.44 bits per heavy atom. The lowest BCUT2D eigenvalue weighted by molar-refractivity contribution is -0.131. The van der Waals surface area contributed by atoms with Crippen LogP contribution < -0.4 is 0 Å². The van der Waals surface area contributed by atoms with Crippen LogP contribution in [0.5, 0.6) is 0 Å². The molecule has 8 heteroatoms. The predicted molar refractivity (Wildman–Crippen MR) is 123 cm³/mol. The van der Waals surface area contributed by atoms with Crippen LogP contribution in [0.3, 0.4) is 0 Å². The molecule has 0 saturated carbocycles. The lowest BCUT2D eigenvalue weighted by Gasteiger charge is -2.20. The third-order valence-electron chi connectivity index (χ3n) is 6.12. The van der Waals surface area contributed by atoms with Crippen molar-refractivity contribution < 1.29 is 28.7 Å². The largest absolute Gasteiger partial charge is 0.447 e. The summed E-state index contributed by atoms with van der Waals surface area (Å²) in [6.45, 7) is 0.357. The Balaban J connectivity index is 1.25. The fraction of sp³-hybridized carbons (Fsp3) is 0.385. The number of ether oxygens (including phenoxy) is 2. The number of benzene rings is 2. The van der Waals surface area contributed by atoms with Crippen LogP contribution >= 0.6 is 0 Å². The number of carbonyl (C=O) groups excluding carboxylic acids is 4. The Morgan fingerprint density at radius 1 is 0.676 bits per heavy atom. The van der Waals surface area contributed by atoms with Crippen molar-refractivity contribution in [3.63, 3.8) is 0 Å². The van der Waals surface area contributed by atoms with Gasteiger partial charge in [0, 0.05) is 12.8 Å². The zero-order valence-corrected chi connectivity index (χ0v) is 18.9. The maximum absolute atomic E-state index is 12.7. The molecular formula is C26H28N2O6. The van der Waals surface area contributed by atoms with Gasteiger partial charge in [-0.05, 0) is 36.8 Å². The Kier molecular flexibility index (Phi) is 7.57. The van der Waals surface area contributed by atoms with Crippen LogP contribution in [-0.4, -0.2) is 59.1 Å². The van der Waals surface area contributed by atoms with Gasteiger partial charge >= 0.3 is 12.2 Å². The van der Waals surface area contributed by atoms with E-state index in [4.69, 9.17) is 9.47 Å². The molecule has 0 spiro atoms. The molecule has 2 aliphatic heterocycles. The minimum Gasteiger partial charge on any atom is -0.447 e. The van der Waals surface area contributed by atoms with Crippen molar-refractivity contribution in [3.8, 4) is 0 Å². The van der Waals surface area contributed by atoms with E-state index in [1.54, 1.807) is 0 Å². The highest BCUT2D eigenvalue weighted by molar-refractivity contribution is 5.94. The Bertz CT molecular complexity index is 943. The molecule has 2 aromatic carbocycles. The third kappa shape index (κ3) is 5.62. The van der Waals surface area contributed by atoms with E-state index in [-0.39, 0.29) is 50.0 Å². The Morgan fingerprint density at radius 2 is 1.06 bits per heavy atom. The molecule has 4 amide bonds. The van der Waals surface area contributed by atoms with Crippen molar-refractivity contribution in [2.45, 2.75) is 50.6 Å². The first-order chi connectivity index (χ1) is 16.5. The van der Waals surface area contributed by atoms with Crippen LogP contribution in [0.1, 0.15) is 36.8 Å². The van der Waals surface area contributed by atoms with Gasteiger partial charge in [-0.2, -0.15) is 0 Å². The van der Waals surface area contributed by atoms with Crippen LogP contribution in [0.25, 0.3) is 0 Å². The quantitative estimate of drug-likeness (QED) is 0.525. The molecule has 34 heavy (non-hydrogen) atoms. The first-order valence-electron chi connectivity index (χ1n) is 11.6. The second-order valence-electron chi connectivity index (χ2n) is 8.58. The minimum atomic E-state index is -0.620. The van der Waals surface area contributed by atoms with E-state index in [0.29, 0.717) is 25.7 Å².